The smallest absolute Gasteiger partial charge is 0.273 e. The Balaban J connectivity index is 2.05. The molecule has 0 radical (unpaired) electrons. The van der Waals surface area contributed by atoms with Crippen molar-refractivity contribution in [2.24, 2.45) is 11.7 Å². The molecule has 7 heteroatoms. The molecule has 0 saturated heterocycles. The molecule has 0 aliphatic rings. The third-order valence-corrected chi connectivity index (χ3v) is 3.73. The van der Waals surface area contributed by atoms with Gasteiger partial charge in [0.2, 0.25) is 0 Å². The second-order valence-electron chi connectivity index (χ2n) is 6.75. The number of hydrogen-bond donors (Lipinski definition) is 2. The van der Waals surface area contributed by atoms with E-state index in [0.29, 0.717) is 19.0 Å². The van der Waals surface area contributed by atoms with Gasteiger partial charge in [-0.2, -0.15) is 0 Å². The maximum Gasteiger partial charge on any atom is 0.273 e. The number of nitrogens with zero attached hydrogens (tertiary/aromatic N) is 3. The lowest BCUT2D eigenvalue weighted by Gasteiger charge is -2.30. The van der Waals surface area contributed by atoms with E-state index in [1.807, 2.05) is 6.92 Å². The number of amides is 1. The number of carbonyl (C=O) groups is 1. The fraction of sp³-hybridized carbons (Fsp3) is 0.471. The first-order chi connectivity index (χ1) is 11.3. The van der Waals surface area contributed by atoms with E-state index in [1.54, 1.807) is 18.3 Å². The largest absolute Gasteiger partial charge is 0.344 e. The van der Waals surface area contributed by atoms with E-state index < -0.39 is 5.54 Å². The Labute approximate surface area is 141 Å². The number of benzene rings is 1. The second kappa shape index (κ2) is 7.53. The molecule has 0 saturated carbocycles. The number of nitrogens with one attached hydrogen (secondary N) is 1. The van der Waals surface area contributed by atoms with E-state index in [-0.39, 0.29) is 17.4 Å². The number of nitrogens with two attached hydrogens (primary N) is 1. The summed E-state index contributed by atoms with van der Waals surface area (Å²) in [5, 5.41) is 10.8. The fourth-order valence-corrected chi connectivity index (χ4v) is 2.73. The van der Waals surface area contributed by atoms with Gasteiger partial charge in [0.1, 0.15) is 5.82 Å². The van der Waals surface area contributed by atoms with Crippen molar-refractivity contribution in [3.8, 4) is 0 Å². The lowest BCUT2D eigenvalue weighted by Crippen LogP contribution is -2.52. The van der Waals surface area contributed by atoms with Crippen molar-refractivity contribution in [1.29, 1.82) is 0 Å². The quantitative estimate of drug-likeness (QED) is 0.811. The molecular formula is C17H24FN5O. The number of aromatic nitrogens is 3. The SMILES string of the molecule is CC(C)CC(C)(CN)NC(=O)c1cn(Cc2cccc(F)c2)nn1. The van der Waals surface area contributed by atoms with Gasteiger partial charge in [-0.25, -0.2) is 9.07 Å². The van der Waals surface area contributed by atoms with Crippen LogP contribution in [0.4, 0.5) is 4.39 Å². The highest BCUT2D eigenvalue weighted by Gasteiger charge is 2.27. The Bertz CT molecular complexity index is 700. The lowest BCUT2D eigenvalue weighted by atomic mass is 9.90. The molecule has 1 aromatic carbocycles. The Kier molecular flexibility index (Phi) is 5.66. The third-order valence-electron chi connectivity index (χ3n) is 3.73. The van der Waals surface area contributed by atoms with Crippen LogP contribution in [-0.2, 0) is 6.54 Å². The molecule has 0 spiro atoms. The summed E-state index contributed by atoms with van der Waals surface area (Å²) in [6.45, 7) is 6.76. The number of rotatable bonds is 7. The minimum atomic E-state index is -0.489. The highest BCUT2D eigenvalue weighted by atomic mass is 19.1. The number of halogens is 1. The van der Waals surface area contributed by atoms with Gasteiger partial charge in [-0.15, -0.1) is 5.10 Å². The van der Waals surface area contributed by atoms with Crippen LogP contribution in [0.15, 0.2) is 30.5 Å². The summed E-state index contributed by atoms with van der Waals surface area (Å²) in [5.74, 6) is -0.213. The van der Waals surface area contributed by atoms with Gasteiger partial charge in [-0.05, 0) is 37.0 Å². The highest BCUT2D eigenvalue weighted by Crippen LogP contribution is 2.16. The molecule has 1 aromatic heterocycles. The zero-order valence-electron chi connectivity index (χ0n) is 14.3. The van der Waals surface area contributed by atoms with Gasteiger partial charge in [-0.3, -0.25) is 4.79 Å². The molecule has 0 fully saturated rings. The predicted octanol–water partition coefficient (Wildman–Crippen LogP) is 1.96. The molecule has 6 nitrogen and oxygen atoms in total. The standard InChI is InChI=1S/C17H24FN5O/c1-12(2)8-17(3,11-19)20-16(24)15-10-23(22-21-15)9-13-5-4-6-14(18)7-13/h4-7,10,12H,8-9,11,19H2,1-3H3,(H,20,24). The predicted molar refractivity (Wildman–Crippen MR) is 89.9 cm³/mol. The first-order valence-corrected chi connectivity index (χ1v) is 7.98. The fourth-order valence-electron chi connectivity index (χ4n) is 2.73. The summed E-state index contributed by atoms with van der Waals surface area (Å²) >= 11 is 0. The first-order valence-electron chi connectivity index (χ1n) is 7.98. The van der Waals surface area contributed by atoms with Crippen LogP contribution in [0.3, 0.4) is 0 Å². The van der Waals surface area contributed by atoms with E-state index in [2.05, 4.69) is 29.5 Å². The van der Waals surface area contributed by atoms with Crippen molar-refractivity contribution >= 4 is 5.91 Å². The molecule has 0 aliphatic heterocycles. The summed E-state index contributed by atoms with van der Waals surface area (Å²) < 4.78 is 14.7. The molecule has 2 aromatic rings. The van der Waals surface area contributed by atoms with Crippen molar-refractivity contribution in [3.63, 3.8) is 0 Å². The highest BCUT2D eigenvalue weighted by molar-refractivity contribution is 5.92. The van der Waals surface area contributed by atoms with Gasteiger partial charge < -0.3 is 11.1 Å². The lowest BCUT2D eigenvalue weighted by molar-refractivity contribution is 0.0893. The van der Waals surface area contributed by atoms with E-state index in [4.69, 9.17) is 5.73 Å². The molecular weight excluding hydrogens is 309 g/mol. The van der Waals surface area contributed by atoms with Gasteiger partial charge in [0.05, 0.1) is 18.3 Å². The van der Waals surface area contributed by atoms with Crippen LogP contribution in [0, 0.1) is 11.7 Å². The van der Waals surface area contributed by atoms with Crippen molar-refractivity contribution in [3.05, 3.63) is 47.5 Å². The van der Waals surface area contributed by atoms with Gasteiger partial charge in [0, 0.05) is 6.54 Å². The van der Waals surface area contributed by atoms with Crippen molar-refractivity contribution < 1.29 is 9.18 Å². The van der Waals surface area contributed by atoms with E-state index in [0.717, 1.165) is 12.0 Å². The molecule has 1 amide bonds. The van der Waals surface area contributed by atoms with Crippen LogP contribution in [0.25, 0.3) is 0 Å². The minimum Gasteiger partial charge on any atom is -0.344 e. The summed E-state index contributed by atoms with van der Waals surface area (Å²) in [7, 11) is 0. The summed E-state index contributed by atoms with van der Waals surface area (Å²) in [4.78, 5) is 12.4. The maximum atomic E-state index is 13.2. The second-order valence-corrected chi connectivity index (χ2v) is 6.75. The maximum absolute atomic E-state index is 13.2. The molecule has 1 atom stereocenters. The normalized spacial score (nSPS) is 13.8. The molecule has 130 valence electrons. The Morgan fingerprint density at radius 1 is 1.46 bits per heavy atom. The molecule has 1 unspecified atom stereocenters. The number of hydrogen-bond acceptors (Lipinski definition) is 4. The molecule has 1 heterocycles. The Hall–Kier alpha value is -2.28. The van der Waals surface area contributed by atoms with E-state index in [1.165, 1.54) is 16.8 Å². The van der Waals surface area contributed by atoms with Crippen molar-refractivity contribution in [2.45, 2.75) is 39.3 Å². The zero-order valence-corrected chi connectivity index (χ0v) is 14.3. The monoisotopic (exact) mass is 333 g/mol. The van der Waals surface area contributed by atoms with Crippen LogP contribution in [0.1, 0.15) is 43.2 Å². The zero-order chi connectivity index (χ0) is 17.7. The summed E-state index contributed by atoms with van der Waals surface area (Å²) in [6, 6.07) is 6.23. The van der Waals surface area contributed by atoms with Crippen molar-refractivity contribution in [1.82, 2.24) is 20.3 Å². The topological polar surface area (TPSA) is 85.8 Å². The van der Waals surface area contributed by atoms with Crippen LogP contribution in [0.5, 0.6) is 0 Å². The van der Waals surface area contributed by atoms with Crippen LogP contribution in [0.2, 0.25) is 0 Å². The molecule has 0 bridgehead atoms. The molecule has 0 aliphatic carbocycles. The minimum absolute atomic E-state index is 0.217. The molecule has 3 N–H and O–H groups in total. The van der Waals surface area contributed by atoms with Gasteiger partial charge in [0.15, 0.2) is 5.69 Å². The van der Waals surface area contributed by atoms with Gasteiger partial charge >= 0.3 is 0 Å². The average Bonchev–Trinajstić information content (AvgIpc) is 2.95. The van der Waals surface area contributed by atoms with E-state index in [9.17, 15) is 9.18 Å². The van der Waals surface area contributed by atoms with Crippen molar-refractivity contribution in [2.75, 3.05) is 6.54 Å². The van der Waals surface area contributed by atoms with Crippen LogP contribution in [-0.4, -0.2) is 33.0 Å². The average molecular weight is 333 g/mol. The molecule has 24 heavy (non-hydrogen) atoms. The van der Waals surface area contributed by atoms with E-state index >= 15 is 0 Å². The van der Waals surface area contributed by atoms with Gasteiger partial charge in [0.25, 0.3) is 5.91 Å². The molecule has 2 rings (SSSR count). The summed E-state index contributed by atoms with van der Waals surface area (Å²) in [6.07, 6.45) is 2.32. The number of carbonyl (C=O) groups excluding carboxylic acids is 1. The van der Waals surface area contributed by atoms with Crippen LogP contribution < -0.4 is 11.1 Å². The first kappa shape index (κ1) is 18.1. The Morgan fingerprint density at radius 2 is 2.21 bits per heavy atom. The third kappa shape index (κ3) is 4.86. The van der Waals surface area contributed by atoms with Gasteiger partial charge in [-0.1, -0.05) is 31.2 Å². The van der Waals surface area contributed by atoms with Crippen LogP contribution >= 0.6 is 0 Å². The summed E-state index contributed by atoms with van der Waals surface area (Å²) in [5.41, 5.74) is 6.29. The Morgan fingerprint density at radius 3 is 2.83 bits per heavy atom.